The van der Waals surface area contributed by atoms with Crippen molar-refractivity contribution in [1.29, 1.82) is 0 Å². The maximum absolute atomic E-state index is 12.5. The molecule has 0 bridgehead atoms. The summed E-state index contributed by atoms with van der Waals surface area (Å²) >= 11 is 2.25. The predicted octanol–water partition coefficient (Wildman–Crippen LogP) is 3.76. The Labute approximate surface area is 126 Å². The average Bonchev–Trinajstić information content (AvgIpc) is 2.44. The van der Waals surface area contributed by atoms with Crippen LogP contribution in [0, 0.1) is 9.49 Å². The van der Waals surface area contributed by atoms with Gasteiger partial charge in [0.1, 0.15) is 0 Å². The van der Waals surface area contributed by atoms with Crippen LogP contribution in [-0.2, 0) is 6.42 Å². The molecular weight excluding hydrogens is 349 g/mol. The summed E-state index contributed by atoms with van der Waals surface area (Å²) in [6, 6.07) is 16.2. The molecule has 0 saturated carbocycles. The van der Waals surface area contributed by atoms with Crippen molar-refractivity contribution in [3.05, 3.63) is 63.2 Å². The van der Waals surface area contributed by atoms with E-state index in [0.717, 1.165) is 27.8 Å². The summed E-state index contributed by atoms with van der Waals surface area (Å²) in [5, 5.41) is 3.37. The van der Waals surface area contributed by atoms with Gasteiger partial charge in [0.15, 0.2) is 5.78 Å². The predicted molar refractivity (Wildman–Crippen MR) is 85.6 cm³/mol. The summed E-state index contributed by atoms with van der Waals surface area (Å²) in [6.07, 6.45) is 0.803. The summed E-state index contributed by atoms with van der Waals surface area (Å²) < 4.78 is 1.10. The minimum absolute atomic E-state index is 0.0353. The molecule has 1 aliphatic rings. The molecule has 1 aliphatic heterocycles. The fourth-order valence-electron chi connectivity index (χ4n) is 2.48. The van der Waals surface area contributed by atoms with Crippen molar-refractivity contribution in [3.8, 4) is 0 Å². The topological polar surface area (TPSA) is 29.1 Å². The van der Waals surface area contributed by atoms with Gasteiger partial charge in [0, 0.05) is 27.3 Å². The van der Waals surface area contributed by atoms with E-state index in [1.165, 1.54) is 5.56 Å². The van der Waals surface area contributed by atoms with E-state index in [2.05, 4.69) is 40.0 Å². The zero-order valence-corrected chi connectivity index (χ0v) is 12.6. The molecule has 0 saturated heterocycles. The molecule has 1 unspecified atom stereocenters. The van der Waals surface area contributed by atoms with Gasteiger partial charge in [-0.25, -0.2) is 0 Å². The Bertz CT molecular complexity index is 609. The first kappa shape index (κ1) is 12.7. The highest BCUT2D eigenvalue weighted by Crippen LogP contribution is 2.28. The van der Waals surface area contributed by atoms with Crippen LogP contribution in [-0.4, -0.2) is 12.3 Å². The van der Waals surface area contributed by atoms with Gasteiger partial charge in [-0.15, -0.1) is 0 Å². The molecule has 0 amide bonds. The molecule has 0 spiro atoms. The number of Topliss-reactive ketones (excluding diaryl/α,β-unsaturated/α-hetero) is 1. The molecule has 2 aromatic rings. The highest BCUT2D eigenvalue weighted by atomic mass is 127. The summed E-state index contributed by atoms with van der Waals surface area (Å²) in [7, 11) is 0. The smallest absolute Gasteiger partial charge is 0.170 e. The normalized spacial score (nSPS) is 17.7. The molecule has 2 aromatic carbocycles. The monoisotopic (exact) mass is 363 g/mol. The zero-order chi connectivity index (χ0) is 13.2. The molecule has 96 valence electrons. The van der Waals surface area contributed by atoms with Crippen molar-refractivity contribution in [2.24, 2.45) is 5.92 Å². The fourth-order valence-corrected chi connectivity index (χ4v) is 2.97. The minimum Gasteiger partial charge on any atom is -0.384 e. The summed E-state index contributed by atoms with van der Waals surface area (Å²) in [4.78, 5) is 12.5. The van der Waals surface area contributed by atoms with Crippen LogP contribution in [0.15, 0.2) is 48.5 Å². The van der Waals surface area contributed by atoms with Crippen LogP contribution in [0.5, 0.6) is 0 Å². The molecule has 1 heterocycles. The number of rotatable bonds is 2. The maximum atomic E-state index is 12.5. The molecule has 3 rings (SSSR count). The standard InChI is InChI=1S/C16H14INO/c17-13-6-7-15-14(9-13)16(19)12(10-18-15)8-11-4-2-1-3-5-11/h1-7,9,12,18H,8,10H2. The lowest BCUT2D eigenvalue weighted by atomic mass is 9.88. The van der Waals surface area contributed by atoms with Crippen LogP contribution in [0.2, 0.25) is 0 Å². The number of nitrogens with one attached hydrogen (secondary N) is 1. The van der Waals surface area contributed by atoms with E-state index in [-0.39, 0.29) is 11.7 Å². The lowest BCUT2D eigenvalue weighted by Crippen LogP contribution is -2.31. The van der Waals surface area contributed by atoms with Crippen molar-refractivity contribution in [3.63, 3.8) is 0 Å². The van der Waals surface area contributed by atoms with Crippen molar-refractivity contribution in [2.45, 2.75) is 6.42 Å². The summed E-state index contributed by atoms with van der Waals surface area (Å²) in [6.45, 7) is 0.724. The molecule has 0 radical (unpaired) electrons. The van der Waals surface area contributed by atoms with Crippen LogP contribution in [0.4, 0.5) is 5.69 Å². The number of hydrogen-bond acceptors (Lipinski definition) is 2. The highest BCUT2D eigenvalue weighted by molar-refractivity contribution is 14.1. The Morgan fingerprint density at radius 1 is 1.16 bits per heavy atom. The van der Waals surface area contributed by atoms with Gasteiger partial charge in [0.05, 0.1) is 0 Å². The quantitative estimate of drug-likeness (QED) is 0.824. The van der Waals surface area contributed by atoms with Crippen LogP contribution in [0.3, 0.4) is 0 Å². The van der Waals surface area contributed by atoms with Crippen molar-refractivity contribution in [1.82, 2.24) is 0 Å². The van der Waals surface area contributed by atoms with Gasteiger partial charge in [-0.2, -0.15) is 0 Å². The van der Waals surface area contributed by atoms with Crippen LogP contribution >= 0.6 is 22.6 Å². The van der Waals surface area contributed by atoms with Crippen LogP contribution in [0.25, 0.3) is 0 Å². The van der Waals surface area contributed by atoms with Gasteiger partial charge in [-0.05, 0) is 52.8 Å². The molecule has 1 atom stereocenters. The number of carbonyl (C=O) groups excluding carboxylic acids is 1. The van der Waals surface area contributed by atoms with E-state index in [1.807, 2.05) is 36.4 Å². The van der Waals surface area contributed by atoms with E-state index >= 15 is 0 Å². The van der Waals surface area contributed by atoms with E-state index in [1.54, 1.807) is 0 Å². The first-order chi connectivity index (χ1) is 9.24. The number of carbonyl (C=O) groups is 1. The number of halogens is 1. The third-order valence-electron chi connectivity index (χ3n) is 3.48. The number of benzene rings is 2. The molecule has 0 fully saturated rings. The molecule has 19 heavy (non-hydrogen) atoms. The summed E-state index contributed by atoms with van der Waals surface area (Å²) in [5.41, 5.74) is 3.02. The van der Waals surface area contributed by atoms with Gasteiger partial charge in [-0.1, -0.05) is 30.3 Å². The van der Waals surface area contributed by atoms with Gasteiger partial charge in [-0.3, -0.25) is 4.79 Å². The highest BCUT2D eigenvalue weighted by Gasteiger charge is 2.27. The average molecular weight is 363 g/mol. The molecule has 0 aromatic heterocycles. The SMILES string of the molecule is O=C1c2cc(I)ccc2NCC1Cc1ccccc1. The zero-order valence-electron chi connectivity index (χ0n) is 10.4. The lowest BCUT2D eigenvalue weighted by molar-refractivity contribution is 0.0921. The van der Waals surface area contributed by atoms with Gasteiger partial charge in [0.2, 0.25) is 0 Å². The minimum atomic E-state index is 0.0353. The van der Waals surface area contributed by atoms with Crippen molar-refractivity contribution >= 4 is 34.1 Å². The number of fused-ring (bicyclic) bond motifs is 1. The first-order valence-corrected chi connectivity index (χ1v) is 7.43. The largest absolute Gasteiger partial charge is 0.384 e. The van der Waals surface area contributed by atoms with E-state index in [9.17, 15) is 4.79 Å². The first-order valence-electron chi connectivity index (χ1n) is 6.35. The van der Waals surface area contributed by atoms with E-state index in [0.29, 0.717) is 0 Å². The number of ketones is 1. The third kappa shape index (κ3) is 2.66. The second kappa shape index (κ2) is 5.33. The summed E-state index contributed by atoms with van der Waals surface area (Å²) in [5.74, 6) is 0.296. The van der Waals surface area contributed by atoms with Crippen LogP contribution < -0.4 is 5.32 Å². The van der Waals surface area contributed by atoms with E-state index < -0.39 is 0 Å². The fraction of sp³-hybridized carbons (Fsp3) is 0.188. The van der Waals surface area contributed by atoms with Crippen molar-refractivity contribution in [2.75, 3.05) is 11.9 Å². The number of hydrogen-bond donors (Lipinski definition) is 1. The Morgan fingerprint density at radius 3 is 2.74 bits per heavy atom. The van der Waals surface area contributed by atoms with Crippen LogP contribution in [0.1, 0.15) is 15.9 Å². The second-order valence-electron chi connectivity index (χ2n) is 4.82. The molecule has 2 nitrogen and oxygen atoms in total. The Morgan fingerprint density at radius 2 is 1.95 bits per heavy atom. The molecule has 0 aliphatic carbocycles. The molecule has 3 heteroatoms. The Kier molecular flexibility index (Phi) is 3.55. The maximum Gasteiger partial charge on any atom is 0.170 e. The Balaban J connectivity index is 1.85. The van der Waals surface area contributed by atoms with Gasteiger partial charge >= 0.3 is 0 Å². The van der Waals surface area contributed by atoms with Gasteiger partial charge in [0.25, 0.3) is 0 Å². The second-order valence-corrected chi connectivity index (χ2v) is 6.07. The third-order valence-corrected chi connectivity index (χ3v) is 4.15. The van der Waals surface area contributed by atoms with E-state index in [4.69, 9.17) is 0 Å². The Hall–Kier alpha value is -1.36. The number of anilines is 1. The van der Waals surface area contributed by atoms with Crippen molar-refractivity contribution < 1.29 is 4.79 Å². The lowest BCUT2D eigenvalue weighted by Gasteiger charge is -2.25. The van der Waals surface area contributed by atoms with Gasteiger partial charge < -0.3 is 5.32 Å². The molecular formula is C16H14INO. The molecule has 1 N–H and O–H groups in total.